The summed E-state index contributed by atoms with van der Waals surface area (Å²) in [5.74, 6) is 0.490. The molecule has 1 aliphatic carbocycles. The van der Waals surface area contributed by atoms with Gasteiger partial charge in [0.15, 0.2) is 0 Å². The average Bonchev–Trinajstić information content (AvgIpc) is 2.51. The zero-order chi connectivity index (χ0) is 16.4. The summed E-state index contributed by atoms with van der Waals surface area (Å²) in [4.78, 5) is 9.23. The third kappa shape index (κ3) is 1.94. The van der Waals surface area contributed by atoms with Gasteiger partial charge in [-0.1, -0.05) is 51.5 Å². The van der Waals surface area contributed by atoms with E-state index >= 15 is 0 Å². The lowest BCUT2D eigenvalue weighted by atomic mass is 9.69. The third-order valence-corrected chi connectivity index (χ3v) is 5.20. The van der Waals surface area contributed by atoms with Crippen molar-refractivity contribution in [1.82, 2.24) is 9.97 Å². The number of nitrogens with zero attached hydrogens (tertiary/aromatic N) is 2. The van der Waals surface area contributed by atoms with E-state index in [1.54, 1.807) is 6.33 Å². The molecule has 23 heavy (non-hydrogen) atoms. The van der Waals surface area contributed by atoms with Crippen LogP contribution in [0.5, 0.6) is 0 Å². The van der Waals surface area contributed by atoms with Crippen LogP contribution in [0.2, 0.25) is 0 Å². The van der Waals surface area contributed by atoms with Gasteiger partial charge in [0.2, 0.25) is 0 Å². The SMILES string of the molecule is Cc1ccc2c(c1)-c1ncnc3cc(C(C)C)cc(c13)C2(C)C. The van der Waals surface area contributed by atoms with Crippen LogP contribution in [0.15, 0.2) is 36.7 Å². The smallest absolute Gasteiger partial charge is 0.116 e. The summed E-state index contributed by atoms with van der Waals surface area (Å²) in [5, 5.41) is 1.22. The summed E-state index contributed by atoms with van der Waals surface area (Å²) in [7, 11) is 0. The predicted octanol–water partition coefficient (Wildman–Crippen LogP) is 5.37. The van der Waals surface area contributed by atoms with Crippen molar-refractivity contribution in [3.63, 3.8) is 0 Å². The van der Waals surface area contributed by atoms with E-state index in [0.717, 1.165) is 11.2 Å². The Hall–Kier alpha value is -2.22. The highest BCUT2D eigenvalue weighted by molar-refractivity contribution is 6.00. The molecule has 1 aromatic heterocycles. The normalized spacial score (nSPS) is 15.0. The van der Waals surface area contributed by atoms with Gasteiger partial charge >= 0.3 is 0 Å². The van der Waals surface area contributed by atoms with Crippen LogP contribution in [0.4, 0.5) is 0 Å². The molecule has 0 fully saturated rings. The van der Waals surface area contributed by atoms with Crippen molar-refractivity contribution in [2.24, 2.45) is 0 Å². The Labute approximate surface area is 137 Å². The fraction of sp³-hybridized carbons (Fsp3) is 0.333. The molecule has 0 radical (unpaired) electrons. The lowest BCUT2D eigenvalue weighted by molar-refractivity contribution is 0.641. The number of benzene rings is 2. The minimum atomic E-state index is -0.0378. The lowest BCUT2D eigenvalue weighted by Gasteiger charge is -2.35. The van der Waals surface area contributed by atoms with E-state index in [0.29, 0.717) is 5.92 Å². The van der Waals surface area contributed by atoms with Gasteiger partial charge < -0.3 is 0 Å². The molecule has 0 N–H and O–H groups in total. The molecule has 2 nitrogen and oxygen atoms in total. The molecule has 3 aromatic rings. The van der Waals surface area contributed by atoms with Crippen LogP contribution in [0, 0.1) is 6.92 Å². The summed E-state index contributed by atoms with van der Waals surface area (Å²) >= 11 is 0. The van der Waals surface area contributed by atoms with Gasteiger partial charge in [0.05, 0.1) is 11.2 Å². The number of fused-ring (bicyclic) bond motifs is 2. The first-order valence-electron chi connectivity index (χ1n) is 8.30. The Morgan fingerprint density at radius 2 is 1.74 bits per heavy atom. The summed E-state index contributed by atoms with van der Waals surface area (Å²) in [6, 6.07) is 11.3. The second-order valence-electron chi connectivity index (χ2n) is 7.51. The van der Waals surface area contributed by atoms with Gasteiger partial charge in [0, 0.05) is 16.4 Å². The van der Waals surface area contributed by atoms with Gasteiger partial charge in [0.25, 0.3) is 0 Å². The van der Waals surface area contributed by atoms with Crippen molar-refractivity contribution in [2.45, 2.75) is 46.0 Å². The minimum Gasteiger partial charge on any atom is -0.236 e. The van der Waals surface area contributed by atoms with Crippen LogP contribution in [0.3, 0.4) is 0 Å². The first-order chi connectivity index (χ1) is 10.9. The van der Waals surface area contributed by atoms with E-state index < -0.39 is 0 Å². The fourth-order valence-electron chi connectivity index (χ4n) is 3.79. The highest BCUT2D eigenvalue weighted by Gasteiger charge is 2.34. The molecule has 4 rings (SSSR count). The van der Waals surface area contributed by atoms with E-state index in [9.17, 15) is 0 Å². The Bertz CT molecular complexity index is 936. The number of aromatic nitrogens is 2. The Balaban J connectivity index is 2.19. The van der Waals surface area contributed by atoms with Crippen molar-refractivity contribution in [3.8, 4) is 11.3 Å². The number of hydrogen-bond donors (Lipinski definition) is 0. The topological polar surface area (TPSA) is 25.8 Å². The summed E-state index contributed by atoms with van der Waals surface area (Å²) < 4.78 is 0. The van der Waals surface area contributed by atoms with E-state index in [1.807, 2.05) is 0 Å². The Morgan fingerprint density at radius 1 is 0.957 bits per heavy atom. The molecule has 0 bridgehead atoms. The molecule has 2 aromatic carbocycles. The fourth-order valence-corrected chi connectivity index (χ4v) is 3.79. The van der Waals surface area contributed by atoms with Crippen LogP contribution in [-0.2, 0) is 5.41 Å². The third-order valence-electron chi connectivity index (χ3n) is 5.20. The van der Waals surface area contributed by atoms with E-state index in [4.69, 9.17) is 0 Å². The lowest BCUT2D eigenvalue weighted by Crippen LogP contribution is -2.24. The highest BCUT2D eigenvalue weighted by Crippen LogP contribution is 2.48. The number of aryl methyl sites for hydroxylation is 1. The first-order valence-corrected chi connectivity index (χ1v) is 8.30. The van der Waals surface area contributed by atoms with Crippen LogP contribution in [0.25, 0.3) is 22.2 Å². The van der Waals surface area contributed by atoms with E-state index in [2.05, 4.69) is 74.9 Å². The molecule has 0 saturated carbocycles. The Morgan fingerprint density at radius 3 is 2.48 bits per heavy atom. The van der Waals surface area contributed by atoms with Gasteiger partial charge in [-0.15, -0.1) is 0 Å². The van der Waals surface area contributed by atoms with Gasteiger partial charge in [-0.25, -0.2) is 9.97 Å². The molecule has 0 aliphatic heterocycles. The average molecular weight is 302 g/mol. The molecule has 0 spiro atoms. The largest absolute Gasteiger partial charge is 0.236 e. The predicted molar refractivity (Wildman–Crippen MR) is 95.9 cm³/mol. The van der Waals surface area contributed by atoms with E-state index in [1.165, 1.54) is 33.2 Å². The van der Waals surface area contributed by atoms with Crippen LogP contribution in [0.1, 0.15) is 55.9 Å². The van der Waals surface area contributed by atoms with Gasteiger partial charge in [-0.05, 0) is 41.7 Å². The van der Waals surface area contributed by atoms with Gasteiger partial charge in [0.1, 0.15) is 6.33 Å². The second kappa shape index (κ2) is 4.64. The van der Waals surface area contributed by atoms with Crippen molar-refractivity contribution in [1.29, 1.82) is 0 Å². The molecular formula is C21H22N2. The summed E-state index contributed by atoms with van der Waals surface area (Å²) in [6.07, 6.45) is 1.70. The molecular weight excluding hydrogens is 280 g/mol. The maximum atomic E-state index is 4.65. The molecule has 2 heteroatoms. The summed E-state index contributed by atoms with van der Waals surface area (Å²) in [5.41, 5.74) is 8.70. The van der Waals surface area contributed by atoms with Crippen LogP contribution >= 0.6 is 0 Å². The minimum absolute atomic E-state index is 0.0378. The highest BCUT2D eigenvalue weighted by atomic mass is 14.8. The van der Waals surface area contributed by atoms with Crippen LogP contribution < -0.4 is 0 Å². The maximum absolute atomic E-state index is 4.65. The van der Waals surface area contributed by atoms with Crippen molar-refractivity contribution in [3.05, 3.63) is 58.9 Å². The first kappa shape index (κ1) is 14.4. The van der Waals surface area contributed by atoms with Crippen molar-refractivity contribution < 1.29 is 0 Å². The van der Waals surface area contributed by atoms with Gasteiger partial charge in [-0.2, -0.15) is 0 Å². The monoisotopic (exact) mass is 302 g/mol. The molecule has 0 unspecified atom stereocenters. The Kier molecular flexibility index (Phi) is 2.90. The molecule has 0 saturated heterocycles. The second-order valence-corrected chi connectivity index (χ2v) is 7.51. The quantitative estimate of drug-likeness (QED) is 0.604. The van der Waals surface area contributed by atoms with Crippen molar-refractivity contribution in [2.75, 3.05) is 0 Å². The molecule has 0 atom stereocenters. The molecule has 116 valence electrons. The van der Waals surface area contributed by atoms with Gasteiger partial charge in [-0.3, -0.25) is 0 Å². The molecule has 0 amide bonds. The maximum Gasteiger partial charge on any atom is 0.116 e. The zero-order valence-electron chi connectivity index (χ0n) is 14.4. The van der Waals surface area contributed by atoms with E-state index in [-0.39, 0.29) is 5.41 Å². The number of rotatable bonds is 1. The zero-order valence-corrected chi connectivity index (χ0v) is 14.4. The summed E-state index contributed by atoms with van der Waals surface area (Å²) in [6.45, 7) is 11.3. The molecule has 1 heterocycles. The van der Waals surface area contributed by atoms with Crippen LogP contribution in [-0.4, -0.2) is 9.97 Å². The van der Waals surface area contributed by atoms with Crippen molar-refractivity contribution >= 4 is 10.9 Å². The standard InChI is InChI=1S/C21H22N2/c1-12(2)14-9-17-19-18(10-14)22-11-23-20(19)15-8-13(3)6-7-16(15)21(17,4)5/h6-12H,1-5H3. The number of hydrogen-bond acceptors (Lipinski definition) is 2. The molecule has 1 aliphatic rings.